The lowest BCUT2D eigenvalue weighted by Crippen LogP contribution is -2.82. The normalized spacial score (nSPS) is 48.8. The number of piperidine rings is 2. The summed E-state index contributed by atoms with van der Waals surface area (Å²) in [6, 6.07) is 0.0830. The van der Waals surface area contributed by atoms with Gasteiger partial charge in [0.1, 0.15) is 5.54 Å². The zero-order valence-electron chi connectivity index (χ0n) is 18.3. The van der Waals surface area contributed by atoms with Crippen LogP contribution in [0.5, 0.6) is 0 Å². The molecule has 1 aliphatic carbocycles. The fourth-order valence-corrected chi connectivity index (χ4v) is 8.63. The van der Waals surface area contributed by atoms with Gasteiger partial charge in [-0.2, -0.15) is 0 Å². The molecule has 0 aromatic rings. The average molecular weight is 388 g/mol. The summed E-state index contributed by atoms with van der Waals surface area (Å²) in [6.45, 7) is 11.1. The molecule has 5 heterocycles. The molecule has 1 unspecified atom stereocenters. The van der Waals surface area contributed by atoms with Crippen molar-refractivity contribution in [1.82, 2.24) is 14.7 Å². The van der Waals surface area contributed by atoms with Crippen LogP contribution < -0.4 is 0 Å². The molecule has 0 aromatic carbocycles. The fraction of sp³-hybridized carbons (Fsp3) is 0.864. The molecular formula is C22H33N3O3. The number of carbonyl (C=O) groups excluding carboxylic acids is 3. The average Bonchev–Trinajstić information content (AvgIpc) is 3.04. The third kappa shape index (κ3) is 1.53. The van der Waals surface area contributed by atoms with Gasteiger partial charge in [-0.15, -0.1) is 0 Å². The number of imide groups is 1. The molecule has 3 amide bonds. The third-order valence-electron chi connectivity index (χ3n) is 9.82. The minimum Gasteiger partial charge on any atom is -0.337 e. The Labute approximate surface area is 167 Å². The number of nitrogens with zero attached hydrogens (tertiary/aromatic N) is 3. The summed E-state index contributed by atoms with van der Waals surface area (Å²) in [5.41, 5.74) is -2.06. The van der Waals surface area contributed by atoms with Gasteiger partial charge in [-0.05, 0) is 50.9 Å². The van der Waals surface area contributed by atoms with Crippen molar-refractivity contribution in [2.75, 3.05) is 14.1 Å². The Hall–Kier alpha value is -1.43. The molecule has 0 radical (unpaired) electrons. The van der Waals surface area contributed by atoms with Gasteiger partial charge in [-0.3, -0.25) is 24.2 Å². The van der Waals surface area contributed by atoms with Gasteiger partial charge in [0.15, 0.2) is 0 Å². The zero-order chi connectivity index (χ0) is 20.7. The van der Waals surface area contributed by atoms with Gasteiger partial charge >= 0.3 is 0 Å². The molecule has 6 nitrogen and oxygen atoms in total. The van der Waals surface area contributed by atoms with Gasteiger partial charge in [0.2, 0.25) is 17.7 Å². The van der Waals surface area contributed by atoms with E-state index >= 15 is 0 Å². The molecule has 2 bridgehead atoms. The van der Waals surface area contributed by atoms with E-state index in [0.717, 1.165) is 19.3 Å². The van der Waals surface area contributed by atoms with Gasteiger partial charge in [0, 0.05) is 32.1 Å². The van der Waals surface area contributed by atoms with Crippen LogP contribution in [0.1, 0.15) is 66.7 Å². The van der Waals surface area contributed by atoms with Crippen LogP contribution >= 0.6 is 0 Å². The number of likely N-dealkylation sites (tertiary alicyclic amines) is 1. The van der Waals surface area contributed by atoms with E-state index in [2.05, 4.69) is 39.5 Å². The molecule has 0 N–H and O–H groups in total. The van der Waals surface area contributed by atoms with Crippen molar-refractivity contribution in [2.45, 2.75) is 89.4 Å². The largest absolute Gasteiger partial charge is 0.337 e. The summed E-state index contributed by atoms with van der Waals surface area (Å²) < 4.78 is 0. The maximum absolute atomic E-state index is 13.8. The van der Waals surface area contributed by atoms with Crippen molar-refractivity contribution in [1.29, 1.82) is 0 Å². The molecule has 3 spiro atoms. The SMILES string of the molecule is C[C@H]1CC(C)(C)N2C3C(C)(C)[C@@]4(CC(=O)N(C)C4=O)C[C@]34CC[C@]12C(=O)N4C. The van der Waals surface area contributed by atoms with E-state index in [0.29, 0.717) is 6.42 Å². The quantitative estimate of drug-likeness (QED) is 0.597. The van der Waals surface area contributed by atoms with E-state index in [4.69, 9.17) is 0 Å². The maximum atomic E-state index is 13.8. The first-order chi connectivity index (χ1) is 12.8. The standard InChI is InChI=1S/C22H33N3O3/c1-13-10-18(2,3)25-15-19(4,5)20(11-14(26)23(6)16(20)27)12-21(15)8-9-22(13,25)17(28)24(21)7/h13,15H,8-12H2,1-7H3/t13-,15?,20-,21+,22+/m0/s1. The van der Waals surface area contributed by atoms with Crippen LogP contribution in [0, 0.1) is 16.7 Å². The molecule has 5 aliphatic heterocycles. The Morgan fingerprint density at radius 3 is 2.18 bits per heavy atom. The minimum atomic E-state index is -0.722. The van der Waals surface area contributed by atoms with Gasteiger partial charge in [-0.1, -0.05) is 20.8 Å². The van der Waals surface area contributed by atoms with E-state index < -0.39 is 16.4 Å². The van der Waals surface area contributed by atoms with E-state index in [-0.39, 0.29) is 47.2 Å². The predicted octanol–water partition coefficient (Wildman–Crippen LogP) is 2.02. The topological polar surface area (TPSA) is 60.9 Å². The van der Waals surface area contributed by atoms with Crippen LogP contribution in [-0.2, 0) is 14.4 Å². The fourth-order valence-electron chi connectivity index (χ4n) is 8.63. The number of piperazine rings is 1. The van der Waals surface area contributed by atoms with Gasteiger partial charge in [0.25, 0.3) is 0 Å². The number of carbonyl (C=O) groups is 3. The molecule has 154 valence electrons. The molecule has 6 aliphatic rings. The zero-order valence-corrected chi connectivity index (χ0v) is 18.3. The number of likely N-dealkylation sites (N-methyl/N-ethyl adjacent to an activating group) is 1. The van der Waals surface area contributed by atoms with Crippen LogP contribution in [0.3, 0.4) is 0 Å². The summed E-state index contributed by atoms with van der Waals surface area (Å²) in [5, 5.41) is 0. The van der Waals surface area contributed by atoms with Gasteiger partial charge in [-0.25, -0.2) is 0 Å². The highest BCUT2D eigenvalue weighted by molar-refractivity contribution is 6.07. The van der Waals surface area contributed by atoms with Crippen LogP contribution in [0.4, 0.5) is 0 Å². The first-order valence-corrected chi connectivity index (χ1v) is 10.7. The summed E-state index contributed by atoms with van der Waals surface area (Å²) in [6.07, 6.45) is 3.64. The second-order valence-corrected chi connectivity index (χ2v) is 11.5. The lowest BCUT2D eigenvalue weighted by atomic mass is 9.61. The molecule has 6 rings (SSSR count). The Morgan fingerprint density at radius 1 is 0.964 bits per heavy atom. The summed E-state index contributed by atoms with van der Waals surface area (Å²) in [4.78, 5) is 45.7. The molecule has 28 heavy (non-hydrogen) atoms. The van der Waals surface area contributed by atoms with Crippen molar-refractivity contribution < 1.29 is 14.4 Å². The molecule has 0 aromatic heterocycles. The van der Waals surface area contributed by atoms with Crippen molar-refractivity contribution in [2.24, 2.45) is 16.7 Å². The second kappa shape index (κ2) is 4.66. The number of hydrogen-bond donors (Lipinski definition) is 0. The van der Waals surface area contributed by atoms with Crippen molar-refractivity contribution in [3.8, 4) is 0 Å². The lowest BCUT2D eigenvalue weighted by molar-refractivity contribution is -0.204. The smallest absolute Gasteiger partial charge is 0.243 e. The van der Waals surface area contributed by atoms with Crippen molar-refractivity contribution in [3.05, 3.63) is 0 Å². The van der Waals surface area contributed by atoms with Crippen LogP contribution in [-0.4, -0.2) is 69.2 Å². The predicted molar refractivity (Wildman–Crippen MR) is 104 cm³/mol. The van der Waals surface area contributed by atoms with E-state index in [1.165, 1.54) is 4.90 Å². The number of amides is 3. The Bertz CT molecular complexity index is 835. The monoisotopic (exact) mass is 387 g/mol. The van der Waals surface area contributed by atoms with Crippen LogP contribution in [0.25, 0.3) is 0 Å². The molecule has 5 atom stereocenters. The van der Waals surface area contributed by atoms with Gasteiger partial charge < -0.3 is 4.90 Å². The highest BCUT2D eigenvalue weighted by Gasteiger charge is 2.83. The third-order valence-corrected chi connectivity index (χ3v) is 9.82. The summed E-state index contributed by atoms with van der Waals surface area (Å²) >= 11 is 0. The molecule has 1 saturated carbocycles. The number of hydrogen-bond acceptors (Lipinski definition) is 4. The summed E-state index contributed by atoms with van der Waals surface area (Å²) in [5.74, 6) is 0.382. The second-order valence-electron chi connectivity index (χ2n) is 11.5. The highest BCUT2D eigenvalue weighted by atomic mass is 16.2. The van der Waals surface area contributed by atoms with E-state index in [1.807, 2.05) is 11.9 Å². The first-order valence-electron chi connectivity index (χ1n) is 10.7. The minimum absolute atomic E-state index is 0.0466. The van der Waals surface area contributed by atoms with Crippen molar-refractivity contribution in [3.63, 3.8) is 0 Å². The Morgan fingerprint density at radius 2 is 1.61 bits per heavy atom. The molecular weight excluding hydrogens is 354 g/mol. The van der Waals surface area contributed by atoms with E-state index in [9.17, 15) is 14.4 Å². The Kier molecular flexibility index (Phi) is 3.09. The molecule has 6 fully saturated rings. The van der Waals surface area contributed by atoms with E-state index in [1.54, 1.807) is 7.05 Å². The van der Waals surface area contributed by atoms with Crippen LogP contribution in [0.15, 0.2) is 0 Å². The number of fused-ring (bicyclic) bond motifs is 2. The molecule has 5 saturated heterocycles. The van der Waals surface area contributed by atoms with Crippen molar-refractivity contribution >= 4 is 17.7 Å². The summed E-state index contributed by atoms with van der Waals surface area (Å²) in [7, 11) is 3.57. The molecule has 6 heteroatoms. The maximum Gasteiger partial charge on any atom is 0.243 e. The first kappa shape index (κ1) is 18.6. The highest BCUT2D eigenvalue weighted by Crippen LogP contribution is 2.72. The Balaban J connectivity index is 1.78. The van der Waals surface area contributed by atoms with Gasteiger partial charge in [0.05, 0.1) is 11.0 Å². The number of rotatable bonds is 0. The van der Waals surface area contributed by atoms with Crippen LogP contribution in [0.2, 0.25) is 0 Å². The lowest BCUT2D eigenvalue weighted by Gasteiger charge is -2.68.